The molecule has 0 spiro atoms. The molecule has 0 bridgehead atoms. The molecule has 1 aliphatic rings. The van der Waals surface area contributed by atoms with Gasteiger partial charge in [0.25, 0.3) is 0 Å². The maximum Gasteiger partial charge on any atom is 0.152 e. The number of carbonyl (C=O) groups is 1. The number of nitrogens with one attached hydrogen (secondary N) is 2. The van der Waals surface area contributed by atoms with Crippen LogP contribution < -0.4 is 15.7 Å². The average Bonchev–Trinajstić information content (AvgIpc) is 3.48. The molecule has 1 aliphatic heterocycles. The van der Waals surface area contributed by atoms with E-state index in [1.807, 2.05) is 12.1 Å². The Labute approximate surface area is 200 Å². The predicted molar refractivity (Wildman–Crippen MR) is 123 cm³/mol. The Morgan fingerprint density at radius 1 is 1.20 bits per heavy atom. The number of hydrazine groups is 2. The molecule has 9 nitrogen and oxygen atoms in total. The first-order chi connectivity index (χ1) is 16.8. The second-order valence-electron chi connectivity index (χ2n) is 8.07. The zero-order valence-corrected chi connectivity index (χ0v) is 18.9. The van der Waals surface area contributed by atoms with Gasteiger partial charge >= 0.3 is 0 Å². The average molecular weight is 482 g/mol. The summed E-state index contributed by atoms with van der Waals surface area (Å²) >= 11 is 0. The van der Waals surface area contributed by atoms with E-state index in [1.165, 1.54) is 41.4 Å². The Bertz CT molecular complexity index is 1230. The monoisotopic (exact) mass is 482 g/mol. The zero-order chi connectivity index (χ0) is 24.8. The zero-order valence-electron chi connectivity index (χ0n) is 18.9. The summed E-state index contributed by atoms with van der Waals surface area (Å²) in [5.41, 5.74) is 5.52. The minimum absolute atomic E-state index is 0.0306. The predicted octanol–water partition coefficient (Wildman–Crippen LogP) is 2.29. The van der Waals surface area contributed by atoms with Crippen LogP contribution >= 0.6 is 0 Å². The van der Waals surface area contributed by atoms with Crippen LogP contribution in [0.5, 0.6) is 5.75 Å². The molecule has 2 aromatic carbocycles. The van der Waals surface area contributed by atoms with Crippen molar-refractivity contribution in [2.75, 3.05) is 13.2 Å². The van der Waals surface area contributed by atoms with Crippen molar-refractivity contribution in [1.29, 1.82) is 0 Å². The third-order valence-electron chi connectivity index (χ3n) is 5.21. The van der Waals surface area contributed by atoms with E-state index in [4.69, 9.17) is 4.74 Å². The van der Waals surface area contributed by atoms with Gasteiger partial charge in [-0.2, -0.15) is 5.10 Å². The van der Waals surface area contributed by atoms with Crippen molar-refractivity contribution in [1.82, 2.24) is 30.7 Å². The Kier molecular flexibility index (Phi) is 7.18. The van der Waals surface area contributed by atoms with Crippen molar-refractivity contribution in [2.24, 2.45) is 0 Å². The van der Waals surface area contributed by atoms with Gasteiger partial charge in [0.05, 0.1) is 18.8 Å². The summed E-state index contributed by atoms with van der Waals surface area (Å²) in [7, 11) is 0. The molecule has 0 fully saturated rings. The SMILES string of the molecule is CC(=O)/C=C/c1ccc(OCC2=CN(CC(O)(Cn3cncn3)c3ccc(F)cc3F)NN2)cc1. The standard InChI is InChI=1S/C24H24F2N6O3/c1-17(33)2-3-18-4-7-21(8-5-18)35-12-20-11-31(30-29-20)13-24(34,14-32-16-27-15-28-32)22-9-6-19(25)10-23(22)26/h2-11,15-16,29-30,34H,12-14H2,1H3/b3-2+. The van der Waals surface area contributed by atoms with Crippen LogP contribution in [0.3, 0.4) is 0 Å². The van der Waals surface area contributed by atoms with Crippen molar-refractivity contribution in [3.63, 3.8) is 0 Å². The molecule has 3 aromatic rings. The second-order valence-corrected chi connectivity index (χ2v) is 8.07. The molecule has 1 unspecified atom stereocenters. The summed E-state index contributed by atoms with van der Waals surface area (Å²) in [6.45, 7) is 1.47. The normalized spacial score (nSPS) is 15.1. The summed E-state index contributed by atoms with van der Waals surface area (Å²) in [6, 6.07) is 10.3. The Hall–Kier alpha value is -4.09. The number of aromatic nitrogens is 3. The highest BCUT2D eigenvalue weighted by Gasteiger charge is 2.36. The minimum atomic E-state index is -1.77. The van der Waals surface area contributed by atoms with E-state index in [9.17, 15) is 18.7 Å². The summed E-state index contributed by atoms with van der Waals surface area (Å²) in [4.78, 5) is 14.9. The quantitative estimate of drug-likeness (QED) is 0.378. The summed E-state index contributed by atoms with van der Waals surface area (Å²) in [5, 5.41) is 17.0. The number of aliphatic hydroxyl groups is 1. The number of hydrogen-bond acceptors (Lipinski definition) is 8. The molecule has 182 valence electrons. The Morgan fingerprint density at radius 2 is 2.00 bits per heavy atom. The molecule has 4 rings (SSSR count). The van der Waals surface area contributed by atoms with E-state index < -0.39 is 17.2 Å². The number of β-amino-alcohol motifs (C(OH)–C–C–N with tert-alkyl or cyclic N) is 1. The van der Waals surface area contributed by atoms with E-state index >= 15 is 0 Å². The van der Waals surface area contributed by atoms with Gasteiger partial charge in [0.2, 0.25) is 0 Å². The molecule has 0 amide bonds. The maximum absolute atomic E-state index is 14.6. The lowest BCUT2D eigenvalue weighted by Gasteiger charge is -2.32. The number of carbonyl (C=O) groups excluding carboxylic acids is 1. The van der Waals surface area contributed by atoms with Gasteiger partial charge in [-0.1, -0.05) is 24.3 Å². The molecule has 35 heavy (non-hydrogen) atoms. The molecule has 2 heterocycles. The van der Waals surface area contributed by atoms with Gasteiger partial charge in [-0.15, -0.1) is 5.53 Å². The molecule has 0 radical (unpaired) electrons. The van der Waals surface area contributed by atoms with Gasteiger partial charge in [0.15, 0.2) is 5.78 Å². The molecular formula is C24H24F2N6O3. The molecule has 1 atom stereocenters. The van der Waals surface area contributed by atoms with E-state index in [0.717, 1.165) is 17.7 Å². The van der Waals surface area contributed by atoms with Crippen LogP contribution in [0.25, 0.3) is 6.08 Å². The molecule has 11 heteroatoms. The van der Waals surface area contributed by atoms with Crippen molar-refractivity contribution in [3.8, 4) is 5.75 Å². The number of ketones is 1. The first-order valence-electron chi connectivity index (χ1n) is 10.7. The number of hydrogen-bond donors (Lipinski definition) is 3. The second kappa shape index (κ2) is 10.5. The van der Waals surface area contributed by atoms with E-state index in [2.05, 4.69) is 21.0 Å². The first-order valence-corrected chi connectivity index (χ1v) is 10.7. The highest BCUT2D eigenvalue weighted by atomic mass is 19.1. The third-order valence-corrected chi connectivity index (χ3v) is 5.21. The highest BCUT2D eigenvalue weighted by Crippen LogP contribution is 2.28. The number of benzene rings is 2. The lowest BCUT2D eigenvalue weighted by Crippen LogP contribution is -2.48. The van der Waals surface area contributed by atoms with Crippen LogP contribution in [0.1, 0.15) is 18.1 Å². The lowest BCUT2D eigenvalue weighted by molar-refractivity contribution is -0.112. The fraction of sp³-hybridized carbons (Fsp3) is 0.208. The molecule has 0 saturated heterocycles. The summed E-state index contributed by atoms with van der Waals surface area (Å²) in [6.07, 6.45) is 7.60. The smallest absolute Gasteiger partial charge is 0.152 e. The van der Waals surface area contributed by atoms with Gasteiger partial charge in [0, 0.05) is 17.8 Å². The Balaban J connectivity index is 1.43. The number of ether oxygens (including phenoxy) is 1. The molecule has 1 aromatic heterocycles. The van der Waals surface area contributed by atoms with Gasteiger partial charge in [-0.3, -0.25) is 9.80 Å². The maximum atomic E-state index is 14.6. The fourth-order valence-electron chi connectivity index (χ4n) is 3.56. The van der Waals surface area contributed by atoms with Crippen molar-refractivity contribution >= 4 is 11.9 Å². The topological polar surface area (TPSA) is 105 Å². The van der Waals surface area contributed by atoms with E-state index in [1.54, 1.807) is 24.4 Å². The number of rotatable bonds is 10. The van der Waals surface area contributed by atoms with Gasteiger partial charge < -0.3 is 15.3 Å². The van der Waals surface area contributed by atoms with Crippen molar-refractivity contribution in [3.05, 3.63) is 95.9 Å². The van der Waals surface area contributed by atoms with Crippen LogP contribution in [0.2, 0.25) is 0 Å². The first kappa shape index (κ1) is 24.0. The largest absolute Gasteiger partial charge is 0.487 e. The number of halogens is 2. The highest BCUT2D eigenvalue weighted by molar-refractivity contribution is 5.91. The van der Waals surface area contributed by atoms with Crippen molar-refractivity contribution in [2.45, 2.75) is 19.1 Å². The summed E-state index contributed by atoms with van der Waals surface area (Å²) < 4.78 is 35.2. The molecule has 3 N–H and O–H groups in total. The van der Waals surface area contributed by atoms with Gasteiger partial charge in [-0.05, 0) is 36.8 Å². The lowest BCUT2D eigenvalue weighted by atomic mass is 9.92. The molecular weight excluding hydrogens is 458 g/mol. The van der Waals surface area contributed by atoms with Crippen LogP contribution in [0, 0.1) is 11.6 Å². The van der Waals surface area contributed by atoms with Crippen LogP contribution in [0.15, 0.2) is 73.1 Å². The van der Waals surface area contributed by atoms with Crippen LogP contribution in [-0.4, -0.2) is 43.8 Å². The van der Waals surface area contributed by atoms with E-state index in [-0.39, 0.29) is 31.0 Å². The fourth-order valence-corrected chi connectivity index (χ4v) is 3.56. The van der Waals surface area contributed by atoms with Gasteiger partial charge in [0.1, 0.15) is 42.2 Å². The third kappa shape index (κ3) is 6.28. The van der Waals surface area contributed by atoms with Crippen molar-refractivity contribution < 1.29 is 23.4 Å². The number of nitrogens with zero attached hydrogens (tertiary/aromatic N) is 4. The van der Waals surface area contributed by atoms with Gasteiger partial charge in [-0.25, -0.2) is 18.4 Å². The number of allylic oxidation sites excluding steroid dienone is 1. The summed E-state index contributed by atoms with van der Waals surface area (Å²) in [5.74, 6) is -1.01. The van der Waals surface area contributed by atoms with E-state index in [0.29, 0.717) is 11.4 Å². The van der Waals surface area contributed by atoms with Crippen LogP contribution in [0.4, 0.5) is 8.78 Å². The molecule has 0 saturated carbocycles. The van der Waals surface area contributed by atoms with Crippen LogP contribution in [-0.2, 0) is 16.9 Å². The Morgan fingerprint density at radius 3 is 2.69 bits per heavy atom. The molecule has 0 aliphatic carbocycles. The minimum Gasteiger partial charge on any atom is -0.487 e.